The molecule has 1 nitrogen and oxygen atoms in total. The van der Waals surface area contributed by atoms with Gasteiger partial charge in [0.2, 0.25) is 0 Å². The Morgan fingerprint density at radius 3 is 1.63 bits per heavy atom. The highest BCUT2D eigenvalue weighted by atomic mass is 19.3. The standard InChI is InChI=1S/C36H28F6O/c1-2-3-4-5-23-6-8-24(9-7-23)25-10-12-26(13-11-25)28-20-33(39)35(34(40)21-28)27-14-16-29(17-15-27)36(41,42)43-30-18-19-31(37)32(38)22-30/h6-22H,2-5H2,1H3. The Morgan fingerprint density at radius 2 is 1.07 bits per heavy atom. The largest absolute Gasteiger partial charge is 0.429 e. The highest BCUT2D eigenvalue weighted by Gasteiger charge is 2.35. The Hall–Kier alpha value is -4.52. The van der Waals surface area contributed by atoms with Crippen LogP contribution in [0.5, 0.6) is 5.75 Å². The maximum absolute atomic E-state index is 15.2. The topological polar surface area (TPSA) is 9.23 Å². The molecule has 0 aliphatic heterocycles. The van der Waals surface area contributed by atoms with Gasteiger partial charge in [0.1, 0.15) is 17.4 Å². The summed E-state index contributed by atoms with van der Waals surface area (Å²) in [7, 11) is 0. The number of hydrogen-bond acceptors (Lipinski definition) is 1. The van der Waals surface area contributed by atoms with Crippen molar-refractivity contribution in [3.8, 4) is 39.1 Å². The Balaban J connectivity index is 1.31. The van der Waals surface area contributed by atoms with Crippen molar-refractivity contribution in [1.82, 2.24) is 0 Å². The first-order valence-corrected chi connectivity index (χ1v) is 14.0. The monoisotopic (exact) mass is 590 g/mol. The van der Waals surface area contributed by atoms with Crippen molar-refractivity contribution in [1.29, 1.82) is 0 Å². The van der Waals surface area contributed by atoms with Gasteiger partial charge in [-0.1, -0.05) is 80.4 Å². The van der Waals surface area contributed by atoms with Gasteiger partial charge < -0.3 is 4.74 Å². The molecule has 0 atom stereocenters. The molecule has 5 rings (SSSR count). The second kappa shape index (κ2) is 12.8. The van der Waals surface area contributed by atoms with Crippen LogP contribution in [0.25, 0.3) is 33.4 Å². The van der Waals surface area contributed by atoms with Gasteiger partial charge in [-0.3, -0.25) is 0 Å². The third kappa shape index (κ3) is 6.94. The summed E-state index contributed by atoms with van der Waals surface area (Å²) >= 11 is 0. The van der Waals surface area contributed by atoms with Crippen LogP contribution in [-0.4, -0.2) is 0 Å². The van der Waals surface area contributed by atoms with Gasteiger partial charge in [-0.05, 0) is 82.6 Å². The fourth-order valence-corrected chi connectivity index (χ4v) is 4.89. The molecule has 0 heterocycles. The van der Waals surface area contributed by atoms with E-state index < -0.39 is 40.7 Å². The fraction of sp³-hybridized carbons (Fsp3) is 0.167. The van der Waals surface area contributed by atoms with Crippen molar-refractivity contribution < 1.29 is 31.1 Å². The second-order valence-electron chi connectivity index (χ2n) is 10.3. The lowest BCUT2D eigenvalue weighted by Gasteiger charge is -2.19. The number of alkyl halides is 2. The predicted octanol–water partition coefficient (Wildman–Crippen LogP) is 11.1. The summed E-state index contributed by atoms with van der Waals surface area (Å²) in [6, 6.07) is 24.4. The highest BCUT2D eigenvalue weighted by Crippen LogP contribution is 2.36. The Morgan fingerprint density at radius 1 is 0.535 bits per heavy atom. The third-order valence-electron chi connectivity index (χ3n) is 7.26. The van der Waals surface area contributed by atoms with Crippen LogP contribution >= 0.6 is 0 Å². The van der Waals surface area contributed by atoms with Crippen LogP contribution in [-0.2, 0) is 12.5 Å². The average molecular weight is 591 g/mol. The summed E-state index contributed by atoms with van der Waals surface area (Å²) in [6.45, 7) is 2.18. The van der Waals surface area contributed by atoms with Gasteiger partial charge in [-0.15, -0.1) is 0 Å². The summed E-state index contributed by atoms with van der Waals surface area (Å²) in [4.78, 5) is 0. The van der Waals surface area contributed by atoms with E-state index in [-0.39, 0.29) is 11.1 Å². The lowest BCUT2D eigenvalue weighted by molar-refractivity contribution is -0.185. The molecule has 0 radical (unpaired) electrons. The molecule has 0 amide bonds. The summed E-state index contributed by atoms with van der Waals surface area (Å²) in [6.07, 6.45) is 0.680. The maximum Gasteiger partial charge on any atom is 0.426 e. The minimum Gasteiger partial charge on any atom is -0.429 e. The maximum atomic E-state index is 15.2. The third-order valence-corrected chi connectivity index (χ3v) is 7.26. The van der Waals surface area contributed by atoms with E-state index in [2.05, 4.69) is 35.9 Å². The minimum atomic E-state index is -3.91. The second-order valence-corrected chi connectivity index (χ2v) is 10.3. The van der Waals surface area contributed by atoms with Gasteiger partial charge in [-0.25, -0.2) is 17.6 Å². The number of aryl methyl sites for hydroxylation is 1. The first kappa shape index (κ1) is 30.0. The Kier molecular flexibility index (Phi) is 8.90. The SMILES string of the molecule is CCCCCc1ccc(-c2ccc(-c3cc(F)c(-c4ccc(C(F)(F)Oc5ccc(F)c(F)c5)cc4)c(F)c3)cc2)cc1. The molecule has 43 heavy (non-hydrogen) atoms. The van der Waals surface area contributed by atoms with E-state index >= 15 is 8.78 Å². The molecule has 0 bridgehead atoms. The molecule has 0 aliphatic rings. The lowest BCUT2D eigenvalue weighted by atomic mass is 9.96. The summed E-state index contributed by atoms with van der Waals surface area (Å²) in [5.41, 5.74) is 3.31. The van der Waals surface area contributed by atoms with Crippen molar-refractivity contribution in [3.63, 3.8) is 0 Å². The molecule has 0 unspecified atom stereocenters. The van der Waals surface area contributed by atoms with Gasteiger partial charge >= 0.3 is 6.11 Å². The summed E-state index contributed by atoms with van der Waals surface area (Å²) in [5, 5.41) is 0. The predicted molar refractivity (Wildman–Crippen MR) is 157 cm³/mol. The quantitative estimate of drug-likeness (QED) is 0.116. The molecule has 5 aromatic carbocycles. The van der Waals surface area contributed by atoms with E-state index in [0.29, 0.717) is 23.3 Å². The molecule has 0 saturated carbocycles. The zero-order valence-electron chi connectivity index (χ0n) is 23.3. The van der Waals surface area contributed by atoms with E-state index in [9.17, 15) is 17.6 Å². The molecular formula is C36H28F6O. The highest BCUT2D eigenvalue weighted by molar-refractivity contribution is 5.74. The van der Waals surface area contributed by atoms with Crippen LogP contribution in [0.4, 0.5) is 26.3 Å². The van der Waals surface area contributed by atoms with E-state index in [1.165, 1.54) is 30.5 Å². The summed E-state index contributed by atoms with van der Waals surface area (Å²) in [5.74, 6) is -4.82. The van der Waals surface area contributed by atoms with Crippen molar-refractivity contribution in [2.75, 3.05) is 0 Å². The Labute approximate surface area is 246 Å². The lowest BCUT2D eigenvalue weighted by Crippen LogP contribution is -2.21. The molecule has 0 aliphatic carbocycles. The number of unbranched alkanes of at least 4 members (excludes halogenated alkanes) is 2. The van der Waals surface area contributed by atoms with Crippen molar-refractivity contribution in [2.24, 2.45) is 0 Å². The molecule has 5 aromatic rings. The zero-order chi connectivity index (χ0) is 30.6. The molecule has 7 heteroatoms. The van der Waals surface area contributed by atoms with E-state index in [1.807, 2.05) is 12.1 Å². The molecule has 0 fully saturated rings. The number of rotatable bonds is 10. The molecule has 0 N–H and O–H groups in total. The van der Waals surface area contributed by atoms with Gasteiger partial charge in [0, 0.05) is 6.07 Å². The average Bonchev–Trinajstić information content (AvgIpc) is 2.99. The zero-order valence-corrected chi connectivity index (χ0v) is 23.3. The minimum absolute atomic E-state index is 0.0439. The van der Waals surface area contributed by atoms with Gasteiger partial charge in [0.05, 0.1) is 11.1 Å². The van der Waals surface area contributed by atoms with Gasteiger partial charge in [0.25, 0.3) is 0 Å². The first-order valence-electron chi connectivity index (χ1n) is 14.0. The van der Waals surface area contributed by atoms with Gasteiger partial charge in [0.15, 0.2) is 11.6 Å². The van der Waals surface area contributed by atoms with E-state index in [4.69, 9.17) is 0 Å². The van der Waals surface area contributed by atoms with Crippen LogP contribution in [0.2, 0.25) is 0 Å². The van der Waals surface area contributed by atoms with Gasteiger partial charge in [-0.2, -0.15) is 8.78 Å². The molecule has 0 aromatic heterocycles. The normalized spacial score (nSPS) is 11.5. The molecule has 0 saturated heterocycles. The number of benzene rings is 5. The number of hydrogen-bond donors (Lipinski definition) is 0. The van der Waals surface area contributed by atoms with Crippen LogP contribution in [0, 0.1) is 23.3 Å². The van der Waals surface area contributed by atoms with Crippen molar-refractivity contribution >= 4 is 0 Å². The van der Waals surface area contributed by atoms with E-state index in [1.54, 1.807) is 12.1 Å². The van der Waals surface area contributed by atoms with Crippen molar-refractivity contribution in [3.05, 3.63) is 138 Å². The number of halogens is 6. The Bertz CT molecular complexity index is 1670. The smallest absolute Gasteiger partial charge is 0.426 e. The van der Waals surface area contributed by atoms with E-state index in [0.717, 1.165) is 54.3 Å². The van der Waals surface area contributed by atoms with Crippen molar-refractivity contribution in [2.45, 2.75) is 38.7 Å². The molecule has 0 spiro atoms. The van der Waals surface area contributed by atoms with Crippen LogP contribution in [0.15, 0.2) is 103 Å². The fourth-order valence-electron chi connectivity index (χ4n) is 4.89. The van der Waals surface area contributed by atoms with Crippen LogP contribution in [0.3, 0.4) is 0 Å². The van der Waals surface area contributed by atoms with Crippen LogP contribution < -0.4 is 4.74 Å². The first-order chi connectivity index (χ1) is 20.6. The summed E-state index contributed by atoms with van der Waals surface area (Å²) < 4.78 is 90.7. The molecular weight excluding hydrogens is 562 g/mol. The number of ether oxygens (including phenoxy) is 1. The van der Waals surface area contributed by atoms with Crippen LogP contribution in [0.1, 0.15) is 37.3 Å². The molecule has 220 valence electrons.